The Balaban J connectivity index is 1.92. The Labute approximate surface area is 218 Å². The summed E-state index contributed by atoms with van der Waals surface area (Å²) in [6, 6.07) is 14.3. The zero-order chi connectivity index (χ0) is 26.7. The van der Waals surface area contributed by atoms with Gasteiger partial charge in [0.15, 0.2) is 11.5 Å². The minimum atomic E-state index is -0.988. The molecule has 4 rings (SSSR count). The SMILES string of the molecule is CCOc1cc(C2/C(=C(\O)c3cc(OC)ccc3Cl)C(=O)C(=O)N2Cc2ccc(F)cc2)ccc1OC. The van der Waals surface area contributed by atoms with E-state index in [1.807, 2.05) is 6.92 Å². The van der Waals surface area contributed by atoms with Crippen molar-refractivity contribution >= 4 is 29.1 Å². The molecule has 192 valence electrons. The van der Waals surface area contributed by atoms with Crippen LogP contribution < -0.4 is 14.2 Å². The van der Waals surface area contributed by atoms with Gasteiger partial charge in [-0.2, -0.15) is 0 Å². The van der Waals surface area contributed by atoms with E-state index < -0.39 is 29.3 Å². The lowest BCUT2D eigenvalue weighted by molar-refractivity contribution is -0.140. The van der Waals surface area contributed by atoms with Gasteiger partial charge in [-0.3, -0.25) is 9.59 Å². The van der Waals surface area contributed by atoms with Crippen molar-refractivity contribution in [2.24, 2.45) is 0 Å². The maximum absolute atomic E-state index is 13.5. The molecule has 3 aromatic rings. The zero-order valence-corrected chi connectivity index (χ0v) is 21.2. The van der Waals surface area contributed by atoms with Crippen molar-refractivity contribution < 1.29 is 33.3 Å². The molecule has 1 aliphatic rings. The Bertz CT molecular complexity index is 1370. The van der Waals surface area contributed by atoms with Crippen LogP contribution in [0.3, 0.4) is 0 Å². The summed E-state index contributed by atoms with van der Waals surface area (Å²) in [6.45, 7) is 2.17. The molecular formula is C28H25ClFNO6. The van der Waals surface area contributed by atoms with Crippen molar-refractivity contribution in [3.63, 3.8) is 0 Å². The number of ketones is 1. The summed E-state index contributed by atoms with van der Waals surface area (Å²) in [5.74, 6) is -1.27. The molecule has 1 aliphatic heterocycles. The second kappa shape index (κ2) is 10.9. The van der Waals surface area contributed by atoms with E-state index >= 15 is 0 Å². The summed E-state index contributed by atoms with van der Waals surface area (Å²) in [5.41, 5.74) is 1.11. The summed E-state index contributed by atoms with van der Waals surface area (Å²) >= 11 is 6.36. The highest BCUT2D eigenvalue weighted by molar-refractivity contribution is 6.47. The van der Waals surface area contributed by atoms with E-state index in [9.17, 15) is 19.1 Å². The molecule has 7 nitrogen and oxygen atoms in total. The summed E-state index contributed by atoms with van der Waals surface area (Å²) in [5, 5.41) is 11.5. The highest BCUT2D eigenvalue weighted by atomic mass is 35.5. The Hall–Kier alpha value is -4.04. The van der Waals surface area contributed by atoms with Gasteiger partial charge in [0.2, 0.25) is 0 Å². The van der Waals surface area contributed by atoms with Gasteiger partial charge in [0, 0.05) is 12.1 Å². The molecule has 0 aliphatic carbocycles. The molecule has 0 aromatic heterocycles. The lowest BCUT2D eigenvalue weighted by Gasteiger charge is -2.26. The van der Waals surface area contributed by atoms with Gasteiger partial charge in [-0.25, -0.2) is 4.39 Å². The number of carbonyl (C=O) groups excluding carboxylic acids is 2. The molecule has 1 atom stereocenters. The minimum Gasteiger partial charge on any atom is -0.507 e. The van der Waals surface area contributed by atoms with Crippen LogP contribution in [0.5, 0.6) is 17.2 Å². The van der Waals surface area contributed by atoms with Gasteiger partial charge in [-0.15, -0.1) is 0 Å². The third-order valence-corrected chi connectivity index (χ3v) is 6.37. The van der Waals surface area contributed by atoms with E-state index in [0.717, 1.165) is 0 Å². The number of hydrogen-bond donors (Lipinski definition) is 1. The smallest absolute Gasteiger partial charge is 0.295 e. The number of ether oxygens (including phenoxy) is 3. The van der Waals surface area contributed by atoms with Gasteiger partial charge in [0.1, 0.15) is 17.3 Å². The Morgan fingerprint density at radius 2 is 1.73 bits per heavy atom. The number of hydrogen-bond acceptors (Lipinski definition) is 6. The second-order valence-electron chi connectivity index (χ2n) is 8.24. The fraction of sp³-hybridized carbons (Fsp3) is 0.214. The van der Waals surface area contributed by atoms with Crippen molar-refractivity contribution in [3.8, 4) is 17.2 Å². The molecule has 0 bridgehead atoms. The van der Waals surface area contributed by atoms with Gasteiger partial charge in [-0.1, -0.05) is 29.8 Å². The molecule has 1 fully saturated rings. The fourth-order valence-corrected chi connectivity index (χ4v) is 4.47. The average Bonchev–Trinajstić information content (AvgIpc) is 3.15. The Morgan fingerprint density at radius 3 is 2.38 bits per heavy atom. The topological polar surface area (TPSA) is 85.3 Å². The number of aliphatic hydroxyl groups is 1. The van der Waals surface area contributed by atoms with Crippen molar-refractivity contribution in [2.75, 3.05) is 20.8 Å². The molecule has 1 amide bonds. The first-order valence-electron chi connectivity index (χ1n) is 11.5. The minimum absolute atomic E-state index is 0.00581. The maximum Gasteiger partial charge on any atom is 0.295 e. The Morgan fingerprint density at radius 1 is 1.00 bits per heavy atom. The molecule has 9 heteroatoms. The van der Waals surface area contributed by atoms with Gasteiger partial charge in [-0.05, 0) is 60.5 Å². The lowest BCUT2D eigenvalue weighted by atomic mass is 9.94. The molecule has 0 spiro atoms. The molecule has 37 heavy (non-hydrogen) atoms. The van der Waals surface area contributed by atoms with Gasteiger partial charge >= 0.3 is 0 Å². The number of amides is 1. The number of Topliss-reactive ketones (excluding diaryl/α,β-unsaturated/α-hetero) is 1. The largest absolute Gasteiger partial charge is 0.507 e. The number of nitrogens with zero attached hydrogens (tertiary/aromatic N) is 1. The van der Waals surface area contributed by atoms with Crippen LogP contribution in [-0.4, -0.2) is 42.5 Å². The van der Waals surface area contributed by atoms with E-state index in [1.54, 1.807) is 24.3 Å². The van der Waals surface area contributed by atoms with Crippen molar-refractivity contribution in [1.82, 2.24) is 4.90 Å². The van der Waals surface area contributed by atoms with Crippen LogP contribution in [0.15, 0.2) is 66.2 Å². The average molecular weight is 526 g/mol. The van der Waals surface area contributed by atoms with Crippen LogP contribution >= 0.6 is 11.6 Å². The number of carbonyl (C=O) groups is 2. The zero-order valence-electron chi connectivity index (χ0n) is 20.5. The first-order chi connectivity index (χ1) is 17.8. The molecule has 1 unspecified atom stereocenters. The number of aliphatic hydroxyl groups excluding tert-OH is 1. The quantitative estimate of drug-likeness (QED) is 0.237. The van der Waals surface area contributed by atoms with E-state index in [1.165, 1.54) is 55.5 Å². The molecule has 0 radical (unpaired) electrons. The third-order valence-electron chi connectivity index (χ3n) is 6.04. The monoisotopic (exact) mass is 525 g/mol. The summed E-state index contributed by atoms with van der Waals surface area (Å²) in [4.78, 5) is 28.0. The van der Waals surface area contributed by atoms with Crippen LogP contribution in [0.1, 0.15) is 29.7 Å². The van der Waals surface area contributed by atoms with E-state index in [2.05, 4.69) is 0 Å². The summed E-state index contributed by atoms with van der Waals surface area (Å²) in [7, 11) is 2.96. The van der Waals surface area contributed by atoms with Crippen LogP contribution in [0.4, 0.5) is 4.39 Å². The number of halogens is 2. The van der Waals surface area contributed by atoms with Crippen LogP contribution in [0.2, 0.25) is 5.02 Å². The fourth-order valence-electron chi connectivity index (χ4n) is 4.27. The van der Waals surface area contributed by atoms with Crippen molar-refractivity contribution in [1.29, 1.82) is 0 Å². The molecule has 0 saturated carbocycles. The molecule has 1 heterocycles. The van der Waals surface area contributed by atoms with E-state index in [-0.39, 0.29) is 22.7 Å². The second-order valence-corrected chi connectivity index (χ2v) is 8.65. The first kappa shape index (κ1) is 26.0. The summed E-state index contributed by atoms with van der Waals surface area (Å²) < 4.78 is 29.8. The van der Waals surface area contributed by atoms with Crippen LogP contribution in [0.25, 0.3) is 5.76 Å². The lowest BCUT2D eigenvalue weighted by Crippen LogP contribution is -2.29. The van der Waals surface area contributed by atoms with Crippen molar-refractivity contribution in [2.45, 2.75) is 19.5 Å². The number of likely N-dealkylation sites (tertiary alicyclic amines) is 1. The highest BCUT2D eigenvalue weighted by Crippen LogP contribution is 2.43. The molecule has 3 aromatic carbocycles. The predicted octanol–water partition coefficient (Wildman–Crippen LogP) is 5.52. The molecule has 1 N–H and O–H groups in total. The molecular weight excluding hydrogens is 501 g/mol. The van der Waals surface area contributed by atoms with Crippen LogP contribution in [-0.2, 0) is 16.1 Å². The van der Waals surface area contributed by atoms with Crippen LogP contribution in [0, 0.1) is 5.82 Å². The standard InChI is InChI=1S/C28H25ClFNO6/c1-4-37-23-13-17(7-12-22(23)36-3)25-24(26(32)20-14-19(35-2)10-11-21(20)29)27(33)28(34)31(25)15-16-5-8-18(30)9-6-16/h5-14,25,32H,4,15H2,1-3H3/b26-24+. The third kappa shape index (κ3) is 5.11. The van der Waals surface area contributed by atoms with Gasteiger partial charge in [0.05, 0.1) is 37.5 Å². The van der Waals surface area contributed by atoms with E-state index in [0.29, 0.717) is 35.0 Å². The van der Waals surface area contributed by atoms with E-state index in [4.69, 9.17) is 25.8 Å². The van der Waals surface area contributed by atoms with Crippen molar-refractivity contribution in [3.05, 3.63) is 93.8 Å². The molecule has 1 saturated heterocycles. The Kier molecular flexibility index (Phi) is 7.69. The maximum atomic E-state index is 13.5. The number of methoxy groups -OCH3 is 2. The number of rotatable bonds is 8. The van der Waals surface area contributed by atoms with Gasteiger partial charge < -0.3 is 24.2 Å². The predicted molar refractivity (Wildman–Crippen MR) is 136 cm³/mol. The first-order valence-corrected chi connectivity index (χ1v) is 11.8. The summed E-state index contributed by atoms with van der Waals surface area (Å²) in [6.07, 6.45) is 0. The highest BCUT2D eigenvalue weighted by Gasteiger charge is 2.46. The van der Waals surface area contributed by atoms with Gasteiger partial charge in [0.25, 0.3) is 11.7 Å². The normalized spacial score (nSPS) is 16.7. The number of benzene rings is 3.